The average molecular weight is 421 g/mol. The van der Waals surface area contributed by atoms with Crippen LogP contribution in [-0.2, 0) is 23.1 Å². The van der Waals surface area contributed by atoms with Gasteiger partial charge in [0, 0.05) is 23.2 Å². The van der Waals surface area contributed by atoms with Gasteiger partial charge in [-0.2, -0.15) is 5.10 Å². The van der Waals surface area contributed by atoms with E-state index in [1.807, 2.05) is 24.7 Å². The molecule has 6 nitrogen and oxygen atoms in total. The van der Waals surface area contributed by atoms with Crippen molar-refractivity contribution in [1.29, 1.82) is 0 Å². The van der Waals surface area contributed by atoms with Gasteiger partial charge in [0.25, 0.3) is 0 Å². The molecule has 6 heteroatoms. The van der Waals surface area contributed by atoms with Crippen LogP contribution in [0.5, 0.6) is 0 Å². The number of carbonyl (C=O) groups is 1. The van der Waals surface area contributed by atoms with E-state index >= 15 is 0 Å². The zero-order valence-electron chi connectivity index (χ0n) is 19.2. The first-order valence-electron chi connectivity index (χ1n) is 11.1. The van der Waals surface area contributed by atoms with E-state index in [1.165, 1.54) is 11.3 Å². The third-order valence-corrected chi connectivity index (χ3v) is 6.28. The van der Waals surface area contributed by atoms with Crippen molar-refractivity contribution in [2.75, 3.05) is 0 Å². The van der Waals surface area contributed by atoms with Crippen molar-refractivity contribution < 1.29 is 9.32 Å². The fourth-order valence-corrected chi connectivity index (χ4v) is 4.40. The lowest BCUT2D eigenvalue weighted by Crippen LogP contribution is -2.31. The normalized spacial score (nSPS) is 16.2. The monoisotopic (exact) mass is 420 g/mol. The van der Waals surface area contributed by atoms with Crippen molar-refractivity contribution in [3.8, 4) is 5.69 Å². The predicted molar refractivity (Wildman–Crippen MR) is 120 cm³/mol. The van der Waals surface area contributed by atoms with Gasteiger partial charge >= 0.3 is 0 Å². The number of nitrogens with zero attached hydrogens (tertiary/aromatic N) is 3. The summed E-state index contributed by atoms with van der Waals surface area (Å²) in [6, 6.07) is 8.66. The molecule has 0 unspecified atom stereocenters. The SMILES string of the molecule is Cc1noc(C)c1CCC(=O)N[C@@H]1CCCc2c1cnn2-c1ccc(C(C)(C)C)cc1. The molecule has 2 aromatic heterocycles. The summed E-state index contributed by atoms with van der Waals surface area (Å²) in [5, 5.41) is 11.9. The summed E-state index contributed by atoms with van der Waals surface area (Å²) < 4.78 is 7.23. The van der Waals surface area contributed by atoms with Crippen LogP contribution in [0.2, 0.25) is 0 Å². The van der Waals surface area contributed by atoms with Gasteiger partial charge < -0.3 is 9.84 Å². The number of hydrogen-bond donors (Lipinski definition) is 1. The van der Waals surface area contributed by atoms with Gasteiger partial charge in [0.15, 0.2) is 0 Å². The van der Waals surface area contributed by atoms with Crippen LogP contribution in [-0.4, -0.2) is 20.8 Å². The number of nitrogens with one attached hydrogen (secondary N) is 1. The second-order valence-corrected chi connectivity index (χ2v) is 9.57. The molecule has 3 aromatic rings. The molecule has 1 aromatic carbocycles. The summed E-state index contributed by atoms with van der Waals surface area (Å²) in [4.78, 5) is 12.7. The Morgan fingerprint density at radius 1 is 1.23 bits per heavy atom. The molecule has 1 amide bonds. The number of carbonyl (C=O) groups excluding carboxylic acids is 1. The molecule has 0 radical (unpaired) electrons. The van der Waals surface area contributed by atoms with Gasteiger partial charge in [0.05, 0.1) is 23.6 Å². The van der Waals surface area contributed by atoms with E-state index in [9.17, 15) is 4.79 Å². The van der Waals surface area contributed by atoms with Crippen LogP contribution < -0.4 is 5.32 Å². The maximum absolute atomic E-state index is 12.7. The van der Waals surface area contributed by atoms with Crippen molar-refractivity contribution in [2.45, 2.75) is 78.2 Å². The zero-order valence-corrected chi connectivity index (χ0v) is 19.2. The number of amides is 1. The summed E-state index contributed by atoms with van der Waals surface area (Å²) in [5.41, 5.74) is 6.74. The third kappa shape index (κ3) is 4.43. The first-order chi connectivity index (χ1) is 14.7. The Bertz CT molecular complexity index is 1050. The zero-order chi connectivity index (χ0) is 22.2. The summed E-state index contributed by atoms with van der Waals surface area (Å²) in [6.45, 7) is 10.5. The average Bonchev–Trinajstić information content (AvgIpc) is 3.30. The third-order valence-electron chi connectivity index (χ3n) is 6.28. The van der Waals surface area contributed by atoms with Gasteiger partial charge in [0.1, 0.15) is 5.76 Å². The molecule has 0 bridgehead atoms. The molecule has 0 aliphatic heterocycles. The number of fused-ring (bicyclic) bond motifs is 1. The number of aromatic nitrogens is 3. The van der Waals surface area contributed by atoms with Crippen molar-refractivity contribution in [1.82, 2.24) is 20.3 Å². The summed E-state index contributed by atoms with van der Waals surface area (Å²) in [5.74, 6) is 0.851. The molecule has 1 N–H and O–H groups in total. The van der Waals surface area contributed by atoms with Gasteiger partial charge in [-0.1, -0.05) is 38.1 Å². The molecule has 4 rings (SSSR count). The Balaban J connectivity index is 1.47. The molecular formula is C25H32N4O2. The lowest BCUT2D eigenvalue weighted by atomic mass is 9.87. The van der Waals surface area contributed by atoms with Gasteiger partial charge in [-0.05, 0) is 62.6 Å². The summed E-state index contributed by atoms with van der Waals surface area (Å²) >= 11 is 0. The highest BCUT2D eigenvalue weighted by Crippen LogP contribution is 2.32. The summed E-state index contributed by atoms with van der Waals surface area (Å²) in [6.07, 6.45) is 5.95. The van der Waals surface area contributed by atoms with Crippen molar-refractivity contribution in [3.05, 3.63) is 64.3 Å². The number of benzene rings is 1. The quantitative estimate of drug-likeness (QED) is 0.637. The van der Waals surface area contributed by atoms with E-state index in [0.717, 1.165) is 47.5 Å². The van der Waals surface area contributed by atoms with Gasteiger partial charge in [-0.15, -0.1) is 0 Å². The number of rotatable bonds is 5. The molecule has 0 saturated heterocycles. The van der Waals surface area contributed by atoms with Gasteiger partial charge in [-0.3, -0.25) is 4.79 Å². The van der Waals surface area contributed by atoms with Crippen LogP contribution >= 0.6 is 0 Å². The maximum Gasteiger partial charge on any atom is 0.220 e. The van der Waals surface area contributed by atoms with E-state index in [-0.39, 0.29) is 17.4 Å². The minimum Gasteiger partial charge on any atom is -0.361 e. The molecule has 0 fully saturated rings. The van der Waals surface area contributed by atoms with Crippen molar-refractivity contribution in [2.24, 2.45) is 0 Å². The first-order valence-corrected chi connectivity index (χ1v) is 11.1. The molecule has 1 aliphatic rings. The highest BCUT2D eigenvalue weighted by molar-refractivity contribution is 5.76. The van der Waals surface area contributed by atoms with E-state index in [2.05, 4.69) is 60.6 Å². The van der Waals surface area contributed by atoms with E-state index in [1.54, 1.807) is 0 Å². The second kappa shape index (κ2) is 8.33. The van der Waals surface area contributed by atoms with E-state index in [4.69, 9.17) is 4.52 Å². The largest absolute Gasteiger partial charge is 0.361 e. The Kier molecular flexibility index (Phi) is 5.73. The van der Waals surface area contributed by atoms with Crippen LogP contribution in [0.15, 0.2) is 35.0 Å². The fraction of sp³-hybridized carbons (Fsp3) is 0.480. The lowest BCUT2D eigenvalue weighted by molar-refractivity contribution is -0.121. The molecule has 164 valence electrons. The highest BCUT2D eigenvalue weighted by Gasteiger charge is 2.26. The molecule has 31 heavy (non-hydrogen) atoms. The molecule has 0 saturated carbocycles. The standard InChI is InChI=1S/C25H32N4O2/c1-16-20(17(2)31-28-16)13-14-24(30)27-22-7-6-8-23-21(22)15-26-29(23)19-11-9-18(10-12-19)25(3,4)5/h9-12,15,22H,6-8,13-14H2,1-5H3,(H,27,30)/t22-/m1/s1. The van der Waals surface area contributed by atoms with Crippen LogP contribution in [0.25, 0.3) is 5.69 Å². The molecular weight excluding hydrogens is 388 g/mol. The van der Waals surface area contributed by atoms with Crippen LogP contribution in [0, 0.1) is 13.8 Å². The molecule has 0 spiro atoms. The predicted octanol–water partition coefficient (Wildman–Crippen LogP) is 4.90. The van der Waals surface area contributed by atoms with Crippen LogP contribution in [0.4, 0.5) is 0 Å². The Hall–Kier alpha value is -2.89. The molecule has 1 atom stereocenters. The minimum absolute atomic E-state index is 0.0171. The molecule has 1 aliphatic carbocycles. The first kappa shape index (κ1) is 21.3. The van der Waals surface area contributed by atoms with Gasteiger partial charge in [0.2, 0.25) is 5.91 Å². The Labute approximate surface area is 184 Å². The fourth-order valence-electron chi connectivity index (χ4n) is 4.40. The minimum atomic E-state index is 0.0171. The Morgan fingerprint density at radius 2 is 1.97 bits per heavy atom. The molecule has 2 heterocycles. The topological polar surface area (TPSA) is 73.0 Å². The lowest BCUT2D eigenvalue weighted by Gasteiger charge is -2.24. The van der Waals surface area contributed by atoms with Crippen molar-refractivity contribution >= 4 is 5.91 Å². The summed E-state index contributed by atoms with van der Waals surface area (Å²) in [7, 11) is 0. The van der Waals surface area contributed by atoms with Crippen LogP contribution in [0.1, 0.15) is 79.9 Å². The number of aryl methyl sites for hydroxylation is 2. The maximum atomic E-state index is 12.7. The van der Waals surface area contributed by atoms with Crippen LogP contribution in [0.3, 0.4) is 0 Å². The smallest absolute Gasteiger partial charge is 0.220 e. The van der Waals surface area contributed by atoms with E-state index < -0.39 is 0 Å². The highest BCUT2D eigenvalue weighted by atomic mass is 16.5. The van der Waals surface area contributed by atoms with Crippen molar-refractivity contribution in [3.63, 3.8) is 0 Å². The number of hydrogen-bond acceptors (Lipinski definition) is 4. The second-order valence-electron chi connectivity index (χ2n) is 9.57. The van der Waals surface area contributed by atoms with E-state index in [0.29, 0.717) is 12.8 Å². The van der Waals surface area contributed by atoms with Gasteiger partial charge in [-0.25, -0.2) is 4.68 Å². The Morgan fingerprint density at radius 3 is 2.61 bits per heavy atom.